The van der Waals surface area contributed by atoms with Crippen LogP contribution in [0.2, 0.25) is 0 Å². The molecule has 1 aromatic heterocycles. The number of aromatic nitrogens is 2. The number of aryl methyl sites for hydroxylation is 2. The summed E-state index contributed by atoms with van der Waals surface area (Å²) in [6, 6.07) is 6.30. The van der Waals surface area contributed by atoms with Crippen LogP contribution in [-0.2, 0) is 0 Å². The first-order valence-electron chi connectivity index (χ1n) is 8.99. The molecule has 5 heteroatoms. The first-order chi connectivity index (χ1) is 12.1. The van der Waals surface area contributed by atoms with Crippen LogP contribution in [0.5, 0.6) is 0 Å². The molecule has 0 aliphatic heterocycles. The number of hydrogen-bond acceptors (Lipinski definition) is 5. The SMILES string of the molecule is Cc1cc(C)cc(Nc2ncnc(NCCC3=CCCCC3)c2N)c1. The molecule has 5 nitrogen and oxygen atoms in total. The standard InChI is InChI=1S/C20H27N5/c1-14-10-15(2)12-17(11-14)25-20-18(21)19(23-13-24-20)22-9-8-16-6-4-3-5-7-16/h6,10-13H,3-5,7-9,21H2,1-2H3,(H2,22,23,24,25). The van der Waals surface area contributed by atoms with E-state index in [1.54, 1.807) is 11.9 Å². The molecule has 0 spiro atoms. The molecule has 0 unspecified atom stereocenters. The highest BCUT2D eigenvalue weighted by atomic mass is 15.1. The van der Waals surface area contributed by atoms with E-state index in [9.17, 15) is 0 Å². The third kappa shape index (κ3) is 4.72. The van der Waals surface area contributed by atoms with Gasteiger partial charge in [-0.2, -0.15) is 0 Å². The molecule has 25 heavy (non-hydrogen) atoms. The number of benzene rings is 1. The lowest BCUT2D eigenvalue weighted by molar-refractivity contribution is 0.679. The van der Waals surface area contributed by atoms with Crippen molar-refractivity contribution in [2.24, 2.45) is 0 Å². The molecular formula is C20H27N5. The van der Waals surface area contributed by atoms with Crippen LogP contribution in [0.15, 0.2) is 36.2 Å². The van der Waals surface area contributed by atoms with E-state index in [1.807, 2.05) is 0 Å². The molecule has 0 fully saturated rings. The van der Waals surface area contributed by atoms with E-state index in [1.165, 1.54) is 36.8 Å². The molecule has 0 atom stereocenters. The molecule has 1 aromatic carbocycles. The van der Waals surface area contributed by atoms with Crippen molar-refractivity contribution >= 4 is 23.0 Å². The van der Waals surface area contributed by atoms with Gasteiger partial charge in [-0.05, 0) is 69.2 Å². The molecule has 2 aromatic rings. The summed E-state index contributed by atoms with van der Waals surface area (Å²) in [5, 5.41) is 6.66. The average molecular weight is 337 g/mol. The molecule has 4 N–H and O–H groups in total. The van der Waals surface area contributed by atoms with Gasteiger partial charge in [0.15, 0.2) is 11.6 Å². The van der Waals surface area contributed by atoms with E-state index in [0.717, 1.165) is 18.7 Å². The van der Waals surface area contributed by atoms with Gasteiger partial charge in [0.25, 0.3) is 0 Å². The van der Waals surface area contributed by atoms with Crippen LogP contribution in [0.4, 0.5) is 23.0 Å². The van der Waals surface area contributed by atoms with Gasteiger partial charge in [0.2, 0.25) is 0 Å². The highest BCUT2D eigenvalue weighted by Crippen LogP contribution is 2.27. The first-order valence-corrected chi connectivity index (χ1v) is 8.99. The number of nitrogens with zero attached hydrogens (tertiary/aromatic N) is 2. The maximum absolute atomic E-state index is 6.26. The molecule has 1 heterocycles. The summed E-state index contributed by atoms with van der Waals surface area (Å²) >= 11 is 0. The number of nitrogens with one attached hydrogen (secondary N) is 2. The van der Waals surface area contributed by atoms with Crippen molar-refractivity contribution in [3.8, 4) is 0 Å². The molecule has 1 aliphatic carbocycles. The topological polar surface area (TPSA) is 75.9 Å². The molecule has 0 amide bonds. The largest absolute Gasteiger partial charge is 0.393 e. The highest BCUT2D eigenvalue weighted by molar-refractivity contribution is 5.77. The molecule has 0 saturated heterocycles. The maximum Gasteiger partial charge on any atom is 0.159 e. The number of allylic oxidation sites excluding steroid dienone is 1. The minimum absolute atomic E-state index is 0.555. The van der Waals surface area contributed by atoms with Crippen molar-refractivity contribution in [1.29, 1.82) is 0 Å². The van der Waals surface area contributed by atoms with Gasteiger partial charge in [-0.15, -0.1) is 0 Å². The first kappa shape index (κ1) is 17.3. The molecule has 132 valence electrons. The van der Waals surface area contributed by atoms with Crippen LogP contribution in [-0.4, -0.2) is 16.5 Å². The second kappa shape index (κ2) is 8.01. The number of anilines is 4. The lowest BCUT2D eigenvalue weighted by Crippen LogP contribution is -2.10. The Hall–Kier alpha value is -2.56. The zero-order chi connectivity index (χ0) is 17.6. The number of rotatable bonds is 6. The number of hydrogen-bond donors (Lipinski definition) is 3. The van der Waals surface area contributed by atoms with E-state index in [2.05, 4.69) is 58.7 Å². The van der Waals surface area contributed by atoms with Crippen LogP contribution in [0.25, 0.3) is 0 Å². The Labute approximate surface area is 149 Å². The van der Waals surface area contributed by atoms with Gasteiger partial charge in [-0.3, -0.25) is 0 Å². The summed E-state index contributed by atoms with van der Waals surface area (Å²) in [6.45, 7) is 5.00. The van der Waals surface area contributed by atoms with E-state index in [-0.39, 0.29) is 0 Å². The zero-order valence-electron chi connectivity index (χ0n) is 15.1. The Morgan fingerprint density at radius 2 is 1.80 bits per heavy atom. The average Bonchev–Trinajstić information content (AvgIpc) is 2.58. The van der Waals surface area contributed by atoms with Crippen molar-refractivity contribution in [2.75, 3.05) is 22.9 Å². The lowest BCUT2D eigenvalue weighted by Gasteiger charge is -2.15. The summed E-state index contributed by atoms with van der Waals surface area (Å²) in [5.74, 6) is 1.33. The van der Waals surface area contributed by atoms with Crippen LogP contribution >= 0.6 is 0 Å². The second-order valence-electron chi connectivity index (χ2n) is 6.77. The minimum Gasteiger partial charge on any atom is -0.393 e. The lowest BCUT2D eigenvalue weighted by atomic mass is 9.97. The molecule has 1 aliphatic rings. The third-order valence-electron chi connectivity index (χ3n) is 4.49. The maximum atomic E-state index is 6.26. The van der Waals surface area contributed by atoms with E-state index >= 15 is 0 Å². The van der Waals surface area contributed by atoms with Gasteiger partial charge in [-0.25, -0.2) is 9.97 Å². The Kier molecular flexibility index (Phi) is 5.53. The normalized spacial score (nSPS) is 14.1. The predicted molar refractivity (Wildman–Crippen MR) is 105 cm³/mol. The summed E-state index contributed by atoms with van der Waals surface area (Å²) < 4.78 is 0. The smallest absolute Gasteiger partial charge is 0.159 e. The number of nitrogen functional groups attached to an aromatic ring is 1. The van der Waals surface area contributed by atoms with E-state index < -0.39 is 0 Å². The van der Waals surface area contributed by atoms with Crippen molar-refractivity contribution in [3.05, 3.63) is 47.3 Å². The van der Waals surface area contributed by atoms with Gasteiger partial charge in [0.1, 0.15) is 12.0 Å². The fourth-order valence-corrected chi connectivity index (χ4v) is 3.29. The van der Waals surface area contributed by atoms with E-state index in [0.29, 0.717) is 17.3 Å². The minimum atomic E-state index is 0.555. The van der Waals surface area contributed by atoms with Crippen LogP contribution in [0, 0.1) is 13.8 Å². The molecule has 0 radical (unpaired) electrons. The third-order valence-corrected chi connectivity index (χ3v) is 4.49. The van der Waals surface area contributed by atoms with Crippen molar-refractivity contribution in [3.63, 3.8) is 0 Å². The van der Waals surface area contributed by atoms with Crippen LogP contribution in [0.1, 0.15) is 43.2 Å². The summed E-state index contributed by atoms with van der Waals surface area (Å²) in [4.78, 5) is 8.58. The Morgan fingerprint density at radius 3 is 2.52 bits per heavy atom. The number of nitrogens with two attached hydrogens (primary N) is 1. The van der Waals surface area contributed by atoms with Crippen molar-refractivity contribution in [1.82, 2.24) is 9.97 Å². The van der Waals surface area contributed by atoms with Crippen LogP contribution < -0.4 is 16.4 Å². The molecule has 0 saturated carbocycles. The monoisotopic (exact) mass is 337 g/mol. The summed E-state index contributed by atoms with van der Waals surface area (Å²) in [7, 11) is 0. The predicted octanol–water partition coefficient (Wildman–Crippen LogP) is 4.72. The van der Waals surface area contributed by atoms with Crippen LogP contribution in [0.3, 0.4) is 0 Å². The Bertz CT molecular complexity index is 746. The van der Waals surface area contributed by atoms with Gasteiger partial charge >= 0.3 is 0 Å². The fraction of sp³-hybridized carbons (Fsp3) is 0.400. The Morgan fingerprint density at radius 1 is 1.04 bits per heavy atom. The van der Waals surface area contributed by atoms with Crippen molar-refractivity contribution < 1.29 is 0 Å². The quantitative estimate of drug-likeness (QED) is 0.665. The van der Waals surface area contributed by atoms with Gasteiger partial charge in [0.05, 0.1) is 0 Å². The Balaban J connectivity index is 1.66. The molecular weight excluding hydrogens is 310 g/mol. The van der Waals surface area contributed by atoms with Gasteiger partial charge in [-0.1, -0.05) is 17.7 Å². The second-order valence-corrected chi connectivity index (χ2v) is 6.77. The van der Waals surface area contributed by atoms with Crippen molar-refractivity contribution in [2.45, 2.75) is 46.0 Å². The summed E-state index contributed by atoms with van der Waals surface area (Å²) in [5.41, 5.74) is 11.8. The summed E-state index contributed by atoms with van der Waals surface area (Å²) in [6.07, 6.45) is 10.0. The molecule has 0 bridgehead atoms. The van der Waals surface area contributed by atoms with E-state index in [4.69, 9.17) is 5.73 Å². The highest BCUT2D eigenvalue weighted by Gasteiger charge is 2.09. The molecule has 3 rings (SSSR count). The zero-order valence-corrected chi connectivity index (χ0v) is 15.1. The van der Waals surface area contributed by atoms with Gasteiger partial charge in [0, 0.05) is 12.2 Å². The van der Waals surface area contributed by atoms with Gasteiger partial charge < -0.3 is 16.4 Å². The fourth-order valence-electron chi connectivity index (χ4n) is 3.29.